The summed E-state index contributed by atoms with van der Waals surface area (Å²) in [6, 6.07) is 7.49. The third-order valence-electron chi connectivity index (χ3n) is 3.60. The number of nitrogens with two attached hydrogens (primary N) is 1. The number of hydrogen-bond donors (Lipinski definition) is 2. The lowest BCUT2D eigenvalue weighted by molar-refractivity contribution is 0.417. The van der Waals surface area contributed by atoms with Gasteiger partial charge >= 0.3 is 0 Å². The number of para-hydroxylation sites is 2. The van der Waals surface area contributed by atoms with Gasteiger partial charge in [-0.15, -0.1) is 16.8 Å². The summed E-state index contributed by atoms with van der Waals surface area (Å²) >= 11 is 1.47. The van der Waals surface area contributed by atoms with E-state index < -0.39 is 0 Å². The number of benzene rings is 1. The zero-order valence-electron chi connectivity index (χ0n) is 15.1. The van der Waals surface area contributed by atoms with Crippen LogP contribution in [0.4, 0.5) is 17.6 Å². The number of allylic oxidation sites excluding steroid dienone is 1. The second kappa shape index (κ2) is 8.49. The SMILES string of the molecule is C=CCn1c(C)nnc1SCc1nc(N)nc(Nc2ccccc2OC)n1. The number of ether oxygens (including phenoxy) is 1. The van der Waals surface area contributed by atoms with E-state index in [2.05, 4.69) is 37.0 Å². The second-order valence-corrected chi connectivity index (χ2v) is 6.42. The van der Waals surface area contributed by atoms with Crippen LogP contribution >= 0.6 is 11.8 Å². The highest BCUT2D eigenvalue weighted by Crippen LogP contribution is 2.26. The van der Waals surface area contributed by atoms with Gasteiger partial charge in [0.2, 0.25) is 11.9 Å². The van der Waals surface area contributed by atoms with Gasteiger partial charge in [0.05, 0.1) is 18.6 Å². The van der Waals surface area contributed by atoms with Crippen molar-refractivity contribution in [1.82, 2.24) is 29.7 Å². The maximum atomic E-state index is 5.85. The minimum atomic E-state index is 0.140. The average Bonchev–Trinajstić information content (AvgIpc) is 3.00. The van der Waals surface area contributed by atoms with Crippen LogP contribution in [0.1, 0.15) is 11.6 Å². The number of anilines is 3. The normalized spacial score (nSPS) is 10.6. The van der Waals surface area contributed by atoms with Crippen LogP contribution in [0.25, 0.3) is 0 Å². The van der Waals surface area contributed by atoms with Crippen LogP contribution in [0.3, 0.4) is 0 Å². The van der Waals surface area contributed by atoms with Crippen molar-refractivity contribution in [2.45, 2.75) is 24.4 Å². The Morgan fingerprint density at radius 3 is 2.85 bits per heavy atom. The van der Waals surface area contributed by atoms with Gasteiger partial charge in [-0.1, -0.05) is 30.0 Å². The Balaban J connectivity index is 1.77. The maximum absolute atomic E-state index is 5.85. The Labute approximate surface area is 161 Å². The molecule has 0 amide bonds. The van der Waals surface area contributed by atoms with Crippen molar-refractivity contribution in [3.05, 3.63) is 48.6 Å². The number of nitrogens with zero attached hydrogens (tertiary/aromatic N) is 6. The molecule has 0 aliphatic rings. The van der Waals surface area contributed by atoms with Gasteiger partial charge in [-0.05, 0) is 19.1 Å². The van der Waals surface area contributed by atoms with Crippen molar-refractivity contribution in [1.29, 1.82) is 0 Å². The minimum absolute atomic E-state index is 0.140. The van der Waals surface area contributed by atoms with Crippen LogP contribution in [0.2, 0.25) is 0 Å². The average molecular weight is 384 g/mol. The van der Waals surface area contributed by atoms with Crippen molar-refractivity contribution in [3.63, 3.8) is 0 Å². The van der Waals surface area contributed by atoms with Gasteiger partial charge in [0, 0.05) is 6.54 Å². The van der Waals surface area contributed by atoms with Crippen molar-refractivity contribution < 1.29 is 4.74 Å². The van der Waals surface area contributed by atoms with Gasteiger partial charge in [-0.2, -0.15) is 15.0 Å². The highest BCUT2D eigenvalue weighted by molar-refractivity contribution is 7.98. The molecule has 0 aliphatic heterocycles. The first-order valence-electron chi connectivity index (χ1n) is 8.14. The Bertz CT molecular complexity index is 942. The van der Waals surface area contributed by atoms with Gasteiger partial charge < -0.3 is 20.4 Å². The van der Waals surface area contributed by atoms with Crippen molar-refractivity contribution in [3.8, 4) is 5.75 Å². The number of methoxy groups -OCH3 is 1. The molecule has 0 radical (unpaired) electrons. The van der Waals surface area contributed by atoms with E-state index in [-0.39, 0.29) is 5.95 Å². The van der Waals surface area contributed by atoms with Crippen LogP contribution in [-0.2, 0) is 12.3 Å². The van der Waals surface area contributed by atoms with Crippen molar-refractivity contribution in [2.24, 2.45) is 0 Å². The Morgan fingerprint density at radius 1 is 1.26 bits per heavy atom. The van der Waals surface area contributed by atoms with E-state index in [9.17, 15) is 0 Å². The lowest BCUT2D eigenvalue weighted by atomic mass is 10.3. The van der Waals surface area contributed by atoms with E-state index in [1.807, 2.05) is 35.8 Å². The summed E-state index contributed by atoms with van der Waals surface area (Å²) in [5, 5.41) is 12.2. The zero-order chi connectivity index (χ0) is 19.2. The number of nitrogen functional groups attached to an aromatic ring is 1. The van der Waals surface area contributed by atoms with Gasteiger partial charge in [-0.25, -0.2) is 0 Å². The largest absolute Gasteiger partial charge is 0.495 e. The summed E-state index contributed by atoms with van der Waals surface area (Å²) < 4.78 is 7.30. The highest BCUT2D eigenvalue weighted by atomic mass is 32.2. The van der Waals surface area contributed by atoms with E-state index in [0.717, 1.165) is 16.7 Å². The second-order valence-electron chi connectivity index (χ2n) is 5.48. The van der Waals surface area contributed by atoms with Gasteiger partial charge in [-0.3, -0.25) is 0 Å². The first-order chi connectivity index (χ1) is 13.1. The van der Waals surface area contributed by atoms with Crippen LogP contribution in [0.15, 0.2) is 42.1 Å². The fourth-order valence-electron chi connectivity index (χ4n) is 2.36. The summed E-state index contributed by atoms with van der Waals surface area (Å²) in [4.78, 5) is 12.8. The van der Waals surface area contributed by atoms with Crippen LogP contribution in [0.5, 0.6) is 5.75 Å². The monoisotopic (exact) mass is 384 g/mol. The number of thioether (sulfide) groups is 1. The predicted octanol–water partition coefficient (Wildman–Crippen LogP) is 2.58. The van der Waals surface area contributed by atoms with Crippen molar-refractivity contribution in [2.75, 3.05) is 18.2 Å². The lowest BCUT2D eigenvalue weighted by Gasteiger charge is -2.10. The fraction of sp³-hybridized carbons (Fsp3) is 0.235. The number of hydrogen-bond acceptors (Lipinski definition) is 9. The smallest absolute Gasteiger partial charge is 0.232 e. The van der Waals surface area contributed by atoms with E-state index in [0.29, 0.717) is 29.8 Å². The topological polar surface area (TPSA) is 117 Å². The van der Waals surface area contributed by atoms with Crippen LogP contribution in [0, 0.1) is 6.92 Å². The molecule has 0 aliphatic carbocycles. The number of aromatic nitrogens is 6. The number of rotatable bonds is 8. The molecule has 3 rings (SSSR count). The highest BCUT2D eigenvalue weighted by Gasteiger charge is 2.12. The van der Waals surface area contributed by atoms with E-state index in [1.165, 1.54) is 11.8 Å². The number of aryl methyl sites for hydroxylation is 1. The number of nitrogens with one attached hydrogen (secondary N) is 1. The maximum Gasteiger partial charge on any atom is 0.232 e. The molecule has 10 heteroatoms. The molecule has 2 aromatic heterocycles. The molecule has 3 N–H and O–H groups in total. The lowest BCUT2D eigenvalue weighted by Crippen LogP contribution is -2.07. The molecule has 0 atom stereocenters. The quantitative estimate of drug-likeness (QED) is 0.446. The standard InChI is InChI=1S/C17H20N8OS/c1-4-9-25-11(2)23-24-17(25)27-10-14-20-15(18)22-16(21-14)19-12-7-5-6-8-13(12)26-3/h4-8H,1,9-10H2,2-3H3,(H3,18,19,20,21,22). The molecular formula is C17H20N8OS. The molecule has 0 saturated heterocycles. The molecule has 3 aromatic rings. The Kier molecular flexibility index (Phi) is 5.87. The third kappa shape index (κ3) is 4.53. The molecule has 9 nitrogen and oxygen atoms in total. The molecule has 0 bridgehead atoms. The van der Waals surface area contributed by atoms with Crippen LogP contribution < -0.4 is 15.8 Å². The fourth-order valence-corrected chi connectivity index (χ4v) is 3.21. The van der Waals surface area contributed by atoms with Crippen molar-refractivity contribution >= 4 is 29.3 Å². The first kappa shape index (κ1) is 18.6. The summed E-state index contributed by atoms with van der Waals surface area (Å²) in [6.45, 7) is 6.30. The van der Waals surface area contributed by atoms with Gasteiger partial charge in [0.15, 0.2) is 5.16 Å². The molecule has 140 valence electrons. The molecule has 27 heavy (non-hydrogen) atoms. The molecule has 2 heterocycles. The minimum Gasteiger partial charge on any atom is -0.495 e. The first-order valence-corrected chi connectivity index (χ1v) is 9.13. The molecule has 0 saturated carbocycles. The Morgan fingerprint density at radius 2 is 2.07 bits per heavy atom. The molecule has 0 unspecified atom stereocenters. The van der Waals surface area contributed by atoms with Crippen LogP contribution in [-0.4, -0.2) is 36.8 Å². The van der Waals surface area contributed by atoms with E-state index in [1.54, 1.807) is 13.2 Å². The summed E-state index contributed by atoms with van der Waals surface area (Å²) in [5.74, 6) is 3.01. The third-order valence-corrected chi connectivity index (χ3v) is 4.56. The summed E-state index contributed by atoms with van der Waals surface area (Å²) in [5.41, 5.74) is 6.59. The van der Waals surface area contributed by atoms with E-state index in [4.69, 9.17) is 10.5 Å². The Hall–Kier alpha value is -3.14. The van der Waals surface area contributed by atoms with Gasteiger partial charge in [0.25, 0.3) is 0 Å². The predicted molar refractivity (Wildman–Crippen MR) is 105 cm³/mol. The molecule has 0 fully saturated rings. The summed E-state index contributed by atoms with van der Waals surface area (Å²) in [6.07, 6.45) is 1.80. The van der Waals surface area contributed by atoms with E-state index >= 15 is 0 Å². The van der Waals surface area contributed by atoms with Gasteiger partial charge in [0.1, 0.15) is 17.4 Å². The molecule has 0 spiro atoms. The summed E-state index contributed by atoms with van der Waals surface area (Å²) in [7, 11) is 1.60. The molecule has 1 aromatic carbocycles. The zero-order valence-corrected chi connectivity index (χ0v) is 15.9. The molecular weight excluding hydrogens is 364 g/mol.